The predicted octanol–water partition coefficient (Wildman–Crippen LogP) is 5.87. The Labute approximate surface area is 215 Å². The summed E-state index contributed by atoms with van der Waals surface area (Å²) in [5.74, 6) is 3.36. The number of amides is 1. The molecule has 4 aliphatic carbocycles. The van der Waals surface area contributed by atoms with Gasteiger partial charge in [0.15, 0.2) is 0 Å². The van der Waals surface area contributed by atoms with Gasteiger partial charge in [-0.05, 0) is 110 Å². The Morgan fingerprint density at radius 3 is 2.69 bits per heavy atom. The number of aliphatic hydroxyl groups is 1. The minimum Gasteiger partial charge on any atom is -0.463 e. The minimum absolute atomic E-state index is 0.0217. The number of hydrogen-bond acceptors (Lipinski definition) is 5. The smallest absolute Gasteiger partial charge is 0.373 e. The fourth-order valence-corrected chi connectivity index (χ4v) is 9.30. The summed E-state index contributed by atoms with van der Waals surface area (Å²) in [6, 6.07) is 3.26. The van der Waals surface area contributed by atoms with Gasteiger partial charge in [-0.2, -0.15) is 0 Å². The van der Waals surface area contributed by atoms with Gasteiger partial charge in [0, 0.05) is 6.42 Å². The van der Waals surface area contributed by atoms with E-state index >= 15 is 0 Å². The highest BCUT2D eigenvalue weighted by Crippen LogP contribution is 2.67. The van der Waals surface area contributed by atoms with E-state index < -0.39 is 5.97 Å². The molecule has 5 rings (SSSR count). The number of carbonyl (C=O) groups is 2. The third kappa shape index (κ3) is 4.52. The zero-order valence-electron chi connectivity index (χ0n) is 22.4. The molecule has 0 radical (unpaired) electrons. The maximum atomic E-state index is 12.5. The molecule has 1 aromatic heterocycles. The molecule has 200 valence electrons. The molecule has 6 nitrogen and oxygen atoms in total. The van der Waals surface area contributed by atoms with Gasteiger partial charge < -0.3 is 19.6 Å². The monoisotopic (exact) mass is 499 g/mol. The Morgan fingerprint density at radius 1 is 1.08 bits per heavy atom. The second-order valence-corrected chi connectivity index (χ2v) is 12.8. The van der Waals surface area contributed by atoms with E-state index in [2.05, 4.69) is 23.9 Å². The Kier molecular flexibility index (Phi) is 7.28. The lowest BCUT2D eigenvalue weighted by atomic mass is 9.44. The van der Waals surface area contributed by atoms with Crippen molar-refractivity contribution in [3.05, 3.63) is 23.7 Å². The lowest BCUT2D eigenvalue weighted by Gasteiger charge is -2.62. The van der Waals surface area contributed by atoms with Crippen molar-refractivity contribution in [3.8, 4) is 0 Å². The van der Waals surface area contributed by atoms with Crippen molar-refractivity contribution in [1.29, 1.82) is 0 Å². The van der Waals surface area contributed by atoms with Crippen molar-refractivity contribution in [2.75, 3.05) is 7.11 Å². The summed E-state index contributed by atoms with van der Waals surface area (Å²) in [4.78, 5) is 24.0. The zero-order chi connectivity index (χ0) is 25.5. The topological polar surface area (TPSA) is 88.8 Å². The Morgan fingerprint density at radius 2 is 1.89 bits per heavy atom. The molecule has 0 aromatic carbocycles. The molecule has 4 aliphatic rings. The van der Waals surface area contributed by atoms with Crippen LogP contribution >= 0.6 is 0 Å². The van der Waals surface area contributed by atoms with Gasteiger partial charge in [0.1, 0.15) is 5.76 Å². The van der Waals surface area contributed by atoms with Crippen molar-refractivity contribution in [1.82, 2.24) is 5.32 Å². The maximum absolute atomic E-state index is 12.5. The summed E-state index contributed by atoms with van der Waals surface area (Å²) < 4.78 is 10.1. The Bertz CT molecular complexity index is 957. The molecule has 1 heterocycles. The van der Waals surface area contributed by atoms with Gasteiger partial charge in [-0.15, -0.1) is 0 Å². The Hall–Kier alpha value is -1.82. The molecule has 8 unspecified atom stereocenters. The van der Waals surface area contributed by atoms with Gasteiger partial charge in [0.25, 0.3) is 0 Å². The van der Waals surface area contributed by atoms with Gasteiger partial charge in [-0.1, -0.05) is 26.7 Å². The highest BCUT2D eigenvalue weighted by molar-refractivity contribution is 5.86. The molecular weight excluding hydrogens is 454 g/mol. The van der Waals surface area contributed by atoms with E-state index in [9.17, 15) is 14.7 Å². The van der Waals surface area contributed by atoms with Crippen LogP contribution in [0.25, 0.3) is 0 Å². The average molecular weight is 500 g/mol. The SMILES string of the molecule is COC(=O)c1ccc(CNC(=O)CCCC2CCC3C4C(O)CC5CCCCC5(C)C4CCC23C)o1. The number of aliphatic hydroxyl groups excluding tert-OH is 1. The van der Waals surface area contributed by atoms with E-state index in [1.807, 2.05) is 0 Å². The number of esters is 1. The first kappa shape index (κ1) is 25.8. The summed E-state index contributed by atoms with van der Waals surface area (Å²) >= 11 is 0. The minimum atomic E-state index is -0.515. The van der Waals surface area contributed by atoms with Crippen molar-refractivity contribution < 1.29 is 23.8 Å². The Balaban J connectivity index is 1.13. The second-order valence-electron chi connectivity index (χ2n) is 12.8. The molecule has 0 saturated heterocycles. The van der Waals surface area contributed by atoms with Crippen LogP contribution in [0.2, 0.25) is 0 Å². The number of hydrogen-bond donors (Lipinski definition) is 2. The molecule has 1 aromatic rings. The number of rotatable bonds is 7. The van der Waals surface area contributed by atoms with Gasteiger partial charge in [0.05, 0.1) is 19.8 Å². The second kappa shape index (κ2) is 10.2. The number of nitrogens with one attached hydrogen (secondary N) is 1. The van der Waals surface area contributed by atoms with Crippen LogP contribution in [0.5, 0.6) is 0 Å². The number of methoxy groups -OCH3 is 1. The van der Waals surface area contributed by atoms with Crippen LogP contribution in [0.1, 0.15) is 107 Å². The van der Waals surface area contributed by atoms with Crippen molar-refractivity contribution >= 4 is 11.9 Å². The molecule has 2 N–H and O–H groups in total. The number of ether oxygens (including phenoxy) is 1. The summed E-state index contributed by atoms with van der Waals surface area (Å²) in [7, 11) is 1.31. The zero-order valence-corrected chi connectivity index (χ0v) is 22.4. The van der Waals surface area contributed by atoms with E-state index in [1.54, 1.807) is 12.1 Å². The first-order chi connectivity index (χ1) is 17.3. The van der Waals surface area contributed by atoms with E-state index in [-0.39, 0.29) is 24.3 Å². The highest BCUT2D eigenvalue weighted by atomic mass is 16.5. The standard InChI is InChI=1S/C30H45NO5/c1-29-15-5-4-7-20(29)17-24(32)27-22-12-10-19(30(22,2)16-14-23(27)29)8-6-9-26(33)31-18-21-11-13-25(36-21)28(34)35-3/h11,13,19-20,22-24,27,32H,4-10,12,14-18H2,1-3H3,(H,31,33). The van der Waals surface area contributed by atoms with Crippen molar-refractivity contribution in [2.45, 2.75) is 104 Å². The van der Waals surface area contributed by atoms with Gasteiger partial charge >= 0.3 is 5.97 Å². The number of fused-ring (bicyclic) bond motifs is 5. The normalized spacial score (nSPS) is 39.6. The van der Waals surface area contributed by atoms with Crippen LogP contribution in [0.3, 0.4) is 0 Å². The van der Waals surface area contributed by atoms with Gasteiger partial charge in [0.2, 0.25) is 11.7 Å². The van der Waals surface area contributed by atoms with Crippen LogP contribution in [0, 0.1) is 40.4 Å². The summed E-state index contributed by atoms with van der Waals surface area (Å²) in [6.07, 6.45) is 13.8. The molecule has 6 heteroatoms. The number of furan rings is 1. The van der Waals surface area contributed by atoms with Crippen LogP contribution < -0.4 is 5.32 Å². The molecule has 0 aliphatic heterocycles. The first-order valence-electron chi connectivity index (χ1n) is 14.4. The molecule has 4 saturated carbocycles. The predicted molar refractivity (Wildman–Crippen MR) is 137 cm³/mol. The summed E-state index contributed by atoms with van der Waals surface area (Å²) in [6.45, 7) is 5.34. The lowest BCUT2D eigenvalue weighted by Crippen LogP contribution is -2.57. The molecular formula is C30H45NO5. The van der Waals surface area contributed by atoms with E-state index in [0.29, 0.717) is 46.7 Å². The third-order valence-electron chi connectivity index (χ3n) is 11.3. The van der Waals surface area contributed by atoms with Crippen LogP contribution in [-0.4, -0.2) is 30.2 Å². The largest absolute Gasteiger partial charge is 0.463 e. The fourth-order valence-electron chi connectivity index (χ4n) is 9.30. The third-order valence-corrected chi connectivity index (χ3v) is 11.3. The number of carbonyl (C=O) groups excluding carboxylic acids is 2. The molecule has 36 heavy (non-hydrogen) atoms. The molecule has 1 amide bonds. The first-order valence-corrected chi connectivity index (χ1v) is 14.4. The summed E-state index contributed by atoms with van der Waals surface area (Å²) in [5, 5.41) is 14.3. The van der Waals surface area contributed by atoms with Crippen LogP contribution in [-0.2, 0) is 16.1 Å². The van der Waals surface area contributed by atoms with Crippen LogP contribution in [0.4, 0.5) is 0 Å². The average Bonchev–Trinajstić information content (AvgIpc) is 3.47. The van der Waals surface area contributed by atoms with Crippen LogP contribution in [0.15, 0.2) is 16.5 Å². The maximum Gasteiger partial charge on any atom is 0.373 e. The van der Waals surface area contributed by atoms with Gasteiger partial charge in [-0.25, -0.2) is 4.79 Å². The van der Waals surface area contributed by atoms with E-state index in [0.717, 1.165) is 25.2 Å². The molecule has 4 fully saturated rings. The van der Waals surface area contributed by atoms with Gasteiger partial charge in [-0.3, -0.25) is 4.79 Å². The molecule has 0 bridgehead atoms. The van der Waals surface area contributed by atoms with E-state index in [4.69, 9.17) is 4.42 Å². The van der Waals surface area contributed by atoms with Crippen molar-refractivity contribution in [2.24, 2.45) is 40.4 Å². The summed E-state index contributed by atoms with van der Waals surface area (Å²) in [5.41, 5.74) is 0.736. The highest BCUT2D eigenvalue weighted by Gasteiger charge is 2.61. The van der Waals surface area contributed by atoms with E-state index in [1.165, 1.54) is 58.5 Å². The fraction of sp³-hybridized carbons (Fsp3) is 0.800. The lowest BCUT2D eigenvalue weighted by molar-refractivity contribution is -0.162. The quantitative estimate of drug-likeness (QED) is 0.458. The molecule has 8 atom stereocenters. The molecule has 0 spiro atoms. The van der Waals surface area contributed by atoms with Crippen molar-refractivity contribution in [3.63, 3.8) is 0 Å².